The highest BCUT2D eigenvalue weighted by atomic mass is 19.1. The number of hydrogen-bond acceptors (Lipinski definition) is 4. The van der Waals surface area contributed by atoms with Crippen molar-refractivity contribution in [1.29, 1.82) is 0 Å². The van der Waals surface area contributed by atoms with Crippen LogP contribution >= 0.6 is 0 Å². The highest BCUT2D eigenvalue weighted by Crippen LogP contribution is 2.27. The average Bonchev–Trinajstić information content (AvgIpc) is 2.49. The van der Waals surface area contributed by atoms with E-state index in [4.69, 9.17) is 5.73 Å². The Morgan fingerprint density at radius 2 is 2.29 bits per heavy atom. The Labute approximate surface area is 81.7 Å². The standard InChI is InChI=1S/C9H13FN4/c1-5-8(13-14-9(5)11)6-2-3-12-4-7(6)10/h2-5,8-9,13-14H,11H2,1H3. The van der Waals surface area contributed by atoms with Gasteiger partial charge in [0.2, 0.25) is 0 Å². The topological polar surface area (TPSA) is 63.0 Å². The molecule has 0 saturated carbocycles. The molecule has 1 aliphatic heterocycles. The lowest BCUT2D eigenvalue weighted by Crippen LogP contribution is -2.38. The van der Waals surface area contributed by atoms with Crippen LogP contribution in [0.3, 0.4) is 0 Å². The lowest BCUT2D eigenvalue weighted by Gasteiger charge is -2.16. The van der Waals surface area contributed by atoms with Crippen LogP contribution in [0.5, 0.6) is 0 Å². The van der Waals surface area contributed by atoms with Crippen LogP contribution < -0.4 is 16.6 Å². The molecule has 0 aliphatic carbocycles. The Morgan fingerprint density at radius 3 is 2.86 bits per heavy atom. The molecular formula is C9H13FN4. The predicted octanol–water partition coefficient (Wildman–Crippen LogP) is 0.291. The zero-order chi connectivity index (χ0) is 10.1. The van der Waals surface area contributed by atoms with E-state index in [0.717, 1.165) is 0 Å². The summed E-state index contributed by atoms with van der Waals surface area (Å²) in [7, 11) is 0. The first-order valence-corrected chi connectivity index (χ1v) is 4.56. The first-order chi connectivity index (χ1) is 6.70. The zero-order valence-electron chi connectivity index (χ0n) is 7.87. The van der Waals surface area contributed by atoms with Crippen LogP contribution in [0.1, 0.15) is 18.5 Å². The van der Waals surface area contributed by atoms with Gasteiger partial charge in [-0.15, -0.1) is 0 Å². The second kappa shape index (κ2) is 3.61. The maximum Gasteiger partial charge on any atom is 0.146 e. The van der Waals surface area contributed by atoms with Gasteiger partial charge < -0.3 is 5.73 Å². The van der Waals surface area contributed by atoms with Gasteiger partial charge in [-0.1, -0.05) is 6.92 Å². The van der Waals surface area contributed by atoms with Gasteiger partial charge in [-0.25, -0.2) is 15.2 Å². The summed E-state index contributed by atoms with van der Waals surface area (Å²) in [6, 6.07) is 1.58. The summed E-state index contributed by atoms with van der Waals surface area (Å²) < 4.78 is 13.4. The lowest BCUT2D eigenvalue weighted by atomic mass is 9.95. The van der Waals surface area contributed by atoms with E-state index in [2.05, 4.69) is 15.8 Å². The van der Waals surface area contributed by atoms with E-state index in [1.54, 1.807) is 12.3 Å². The van der Waals surface area contributed by atoms with Crippen molar-refractivity contribution >= 4 is 0 Å². The van der Waals surface area contributed by atoms with Crippen LogP contribution in [-0.4, -0.2) is 11.1 Å². The number of rotatable bonds is 1. The molecule has 4 N–H and O–H groups in total. The van der Waals surface area contributed by atoms with Gasteiger partial charge in [-0.05, 0) is 6.07 Å². The molecule has 0 amide bonds. The molecule has 0 aromatic carbocycles. The summed E-state index contributed by atoms with van der Waals surface area (Å²) in [5.41, 5.74) is 12.2. The van der Waals surface area contributed by atoms with E-state index in [-0.39, 0.29) is 23.9 Å². The summed E-state index contributed by atoms with van der Waals surface area (Å²) in [6.45, 7) is 1.97. The molecule has 3 unspecified atom stereocenters. The third-order valence-electron chi connectivity index (χ3n) is 2.64. The third-order valence-corrected chi connectivity index (χ3v) is 2.64. The molecule has 2 heterocycles. The van der Waals surface area contributed by atoms with Crippen LogP contribution in [0.25, 0.3) is 0 Å². The van der Waals surface area contributed by atoms with Crippen molar-refractivity contribution in [1.82, 2.24) is 15.8 Å². The molecule has 3 atom stereocenters. The molecule has 2 rings (SSSR count). The molecule has 1 aliphatic rings. The van der Waals surface area contributed by atoms with Crippen molar-refractivity contribution in [3.8, 4) is 0 Å². The molecule has 0 spiro atoms. The van der Waals surface area contributed by atoms with Gasteiger partial charge in [-0.2, -0.15) is 0 Å². The number of halogens is 1. The summed E-state index contributed by atoms with van der Waals surface area (Å²) >= 11 is 0. The smallest absolute Gasteiger partial charge is 0.146 e. The van der Waals surface area contributed by atoms with Gasteiger partial charge in [0.1, 0.15) is 5.82 Å². The Morgan fingerprint density at radius 1 is 1.50 bits per heavy atom. The Hall–Kier alpha value is -1.04. The monoisotopic (exact) mass is 196 g/mol. The highest BCUT2D eigenvalue weighted by Gasteiger charge is 2.32. The quantitative estimate of drug-likeness (QED) is 0.604. The van der Waals surface area contributed by atoms with Gasteiger partial charge in [0.15, 0.2) is 0 Å². The lowest BCUT2D eigenvalue weighted by molar-refractivity contribution is 0.447. The minimum absolute atomic E-state index is 0.0898. The van der Waals surface area contributed by atoms with Crippen molar-refractivity contribution < 1.29 is 4.39 Å². The molecule has 1 aromatic rings. The normalized spacial score (nSPS) is 32.1. The van der Waals surface area contributed by atoms with Crippen molar-refractivity contribution in [2.45, 2.75) is 19.1 Å². The fraction of sp³-hybridized carbons (Fsp3) is 0.444. The Bertz CT molecular complexity index is 330. The number of aromatic nitrogens is 1. The highest BCUT2D eigenvalue weighted by molar-refractivity contribution is 5.19. The largest absolute Gasteiger partial charge is 0.315 e. The Kier molecular flexibility index (Phi) is 2.45. The van der Waals surface area contributed by atoms with Crippen molar-refractivity contribution in [2.75, 3.05) is 0 Å². The van der Waals surface area contributed by atoms with Gasteiger partial charge in [0.05, 0.1) is 18.4 Å². The Balaban J connectivity index is 2.28. The molecule has 0 radical (unpaired) electrons. The molecule has 1 saturated heterocycles. The third kappa shape index (κ3) is 1.50. The number of pyridine rings is 1. The zero-order valence-corrected chi connectivity index (χ0v) is 7.87. The number of nitrogens with zero attached hydrogens (tertiary/aromatic N) is 1. The molecule has 0 bridgehead atoms. The molecule has 1 fully saturated rings. The first kappa shape index (κ1) is 9.51. The summed E-state index contributed by atoms with van der Waals surface area (Å²) in [5, 5.41) is 0. The van der Waals surface area contributed by atoms with E-state index in [1.165, 1.54) is 6.20 Å². The number of hydrogen-bond donors (Lipinski definition) is 3. The van der Waals surface area contributed by atoms with E-state index in [9.17, 15) is 4.39 Å². The van der Waals surface area contributed by atoms with Crippen LogP contribution in [0.2, 0.25) is 0 Å². The van der Waals surface area contributed by atoms with Crippen LogP contribution in [0, 0.1) is 11.7 Å². The molecule has 14 heavy (non-hydrogen) atoms. The van der Waals surface area contributed by atoms with Gasteiger partial charge >= 0.3 is 0 Å². The SMILES string of the molecule is CC1C(N)NNC1c1ccncc1F. The van der Waals surface area contributed by atoms with Crippen molar-refractivity contribution in [3.63, 3.8) is 0 Å². The maximum atomic E-state index is 13.4. The van der Waals surface area contributed by atoms with Crippen LogP contribution in [-0.2, 0) is 0 Å². The number of nitrogens with two attached hydrogens (primary N) is 1. The van der Waals surface area contributed by atoms with Crippen molar-refractivity contribution in [2.24, 2.45) is 11.7 Å². The summed E-state index contributed by atoms with van der Waals surface area (Å²) in [6.07, 6.45) is 2.65. The van der Waals surface area contributed by atoms with E-state index in [1.807, 2.05) is 6.92 Å². The molecular weight excluding hydrogens is 183 g/mol. The van der Waals surface area contributed by atoms with E-state index >= 15 is 0 Å². The van der Waals surface area contributed by atoms with Crippen LogP contribution in [0.15, 0.2) is 18.5 Å². The van der Waals surface area contributed by atoms with E-state index in [0.29, 0.717) is 5.56 Å². The fourth-order valence-corrected chi connectivity index (χ4v) is 1.66. The summed E-state index contributed by atoms with van der Waals surface area (Å²) in [5.74, 6) is -0.153. The van der Waals surface area contributed by atoms with Gasteiger partial charge in [0.25, 0.3) is 0 Å². The first-order valence-electron chi connectivity index (χ1n) is 4.56. The minimum Gasteiger partial charge on any atom is -0.315 e. The maximum absolute atomic E-state index is 13.4. The minimum atomic E-state index is -0.298. The number of hydrazine groups is 1. The molecule has 4 nitrogen and oxygen atoms in total. The molecule has 5 heteroatoms. The summed E-state index contributed by atoms with van der Waals surface area (Å²) in [4.78, 5) is 3.71. The average molecular weight is 196 g/mol. The van der Waals surface area contributed by atoms with Gasteiger partial charge in [-0.3, -0.25) is 4.98 Å². The molecule has 76 valence electrons. The van der Waals surface area contributed by atoms with Crippen molar-refractivity contribution in [3.05, 3.63) is 29.8 Å². The number of nitrogens with one attached hydrogen (secondary N) is 2. The fourth-order valence-electron chi connectivity index (χ4n) is 1.66. The second-order valence-corrected chi connectivity index (χ2v) is 3.55. The van der Waals surface area contributed by atoms with E-state index < -0.39 is 0 Å². The second-order valence-electron chi connectivity index (χ2n) is 3.55. The molecule has 1 aromatic heterocycles. The predicted molar refractivity (Wildman–Crippen MR) is 50.3 cm³/mol. The van der Waals surface area contributed by atoms with Gasteiger partial charge in [0, 0.05) is 17.7 Å². The van der Waals surface area contributed by atoms with Crippen LogP contribution in [0.4, 0.5) is 4.39 Å².